The highest BCUT2D eigenvalue weighted by atomic mass is 19.1. The molecule has 2 N–H and O–H groups in total. The number of rotatable bonds is 3. The van der Waals surface area contributed by atoms with Crippen molar-refractivity contribution in [2.75, 3.05) is 13.1 Å². The SMILES string of the molecule is CC(C)C1CC(N)CN(Cc2ccccc2F)C1. The zero-order valence-corrected chi connectivity index (χ0v) is 11.3. The fraction of sp³-hybridized carbons (Fsp3) is 0.600. The maximum Gasteiger partial charge on any atom is 0.127 e. The van der Waals surface area contributed by atoms with Crippen LogP contribution in [-0.4, -0.2) is 24.0 Å². The second-order valence-electron chi connectivity index (χ2n) is 5.79. The van der Waals surface area contributed by atoms with Crippen molar-refractivity contribution in [2.24, 2.45) is 17.6 Å². The van der Waals surface area contributed by atoms with Crippen molar-refractivity contribution in [3.05, 3.63) is 35.6 Å². The molecule has 0 saturated carbocycles. The van der Waals surface area contributed by atoms with Crippen LogP contribution in [0.2, 0.25) is 0 Å². The normalized spacial score (nSPS) is 25.6. The summed E-state index contributed by atoms with van der Waals surface area (Å²) in [5, 5.41) is 0. The number of benzene rings is 1. The molecule has 1 aromatic rings. The second-order valence-corrected chi connectivity index (χ2v) is 5.79. The van der Waals surface area contributed by atoms with Crippen molar-refractivity contribution in [1.82, 2.24) is 4.90 Å². The van der Waals surface area contributed by atoms with Crippen LogP contribution < -0.4 is 5.73 Å². The minimum atomic E-state index is -0.113. The molecule has 0 spiro atoms. The molecular formula is C15H23FN2. The molecule has 2 atom stereocenters. The van der Waals surface area contributed by atoms with E-state index >= 15 is 0 Å². The Morgan fingerprint density at radius 2 is 2.06 bits per heavy atom. The molecule has 2 unspecified atom stereocenters. The molecule has 18 heavy (non-hydrogen) atoms. The minimum Gasteiger partial charge on any atom is -0.327 e. The Hall–Kier alpha value is -0.930. The lowest BCUT2D eigenvalue weighted by atomic mass is 9.85. The highest BCUT2D eigenvalue weighted by Gasteiger charge is 2.27. The summed E-state index contributed by atoms with van der Waals surface area (Å²) in [6.07, 6.45) is 1.09. The fourth-order valence-electron chi connectivity index (χ4n) is 2.76. The standard InChI is InChI=1S/C15H23FN2/c1-11(2)13-7-14(17)10-18(9-13)8-12-5-3-4-6-15(12)16/h3-6,11,13-14H,7-10,17H2,1-2H3. The lowest BCUT2D eigenvalue weighted by molar-refractivity contribution is 0.122. The van der Waals surface area contributed by atoms with Crippen molar-refractivity contribution in [2.45, 2.75) is 32.9 Å². The Morgan fingerprint density at radius 3 is 2.72 bits per heavy atom. The van der Waals surface area contributed by atoms with Gasteiger partial charge in [0.2, 0.25) is 0 Å². The summed E-state index contributed by atoms with van der Waals surface area (Å²) < 4.78 is 13.6. The number of hydrogen-bond donors (Lipinski definition) is 1. The van der Waals surface area contributed by atoms with Gasteiger partial charge in [0.15, 0.2) is 0 Å². The summed E-state index contributed by atoms with van der Waals surface area (Å²) in [7, 11) is 0. The zero-order valence-electron chi connectivity index (χ0n) is 11.3. The average molecular weight is 250 g/mol. The summed E-state index contributed by atoms with van der Waals surface area (Å²) in [6.45, 7) is 7.05. The van der Waals surface area contributed by atoms with Crippen LogP contribution in [0.5, 0.6) is 0 Å². The number of piperidine rings is 1. The molecule has 1 fully saturated rings. The van der Waals surface area contributed by atoms with Gasteiger partial charge in [-0.2, -0.15) is 0 Å². The molecule has 1 saturated heterocycles. The van der Waals surface area contributed by atoms with Gasteiger partial charge in [0.25, 0.3) is 0 Å². The van der Waals surface area contributed by atoms with Crippen LogP contribution in [-0.2, 0) is 6.54 Å². The van der Waals surface area contributed by atoms with Crippen LogP contribution >= 0.6 is 0 Å². The molecule has 1 aromatic carbocycles. The van der Waals surface area contributed by atoms with Gasteiger partial charge in [-0.3, -0.25) is 4.90 Å². The highest BCUT2D eigenvalue weighted by Crippen LogP contribution is 2.24. The Kier molecular flexibility index (Phi) is 4.36. The van der Waals surface area contributed by atoms with E-state index in [1.54, 1.807) is 6.07 Å². The van der Waals surface area contributed by atoms with E-state index in [1.807, 2.05) is 12.1 Å². The van der Waals surface area contributed by atoms with Gasteiger partial charge >= 0.3 is 0 Å². The first-order valence-corrected chi connectivity index (χ1v) is 6.77. The largest absolute Gasteiger partial charge is 0.327 e. The molecule has 1 aliphatic rings. The van der Waals surface area contributed by atoms with E-state index in [2.05, 4.69) is 18.7 Å². The first-order chi connectivity index (χ1) is 8.56. The average Bonchev–Trinajstić information content (AvgIpc) is 2.31. The van der Waals surface area contributed by atoms with Crippen molar-refractivity contribution in [1.29, 1.82) is 0 Å². The molecule has 2 rings (SSSR count). The highest BCUT2D eigenvalue weighted by molar-refractivity contribution is 5.17. The molecule has 0 radical (unpaired) electrons. The summed E-state index contributed by atoms with van der Waals surface area (Å²) in [5.41, 5.74) is 6.88. The van der Waals surface area contributed by atoms with Gasteiger partial charge in [-0.15, -0.1) is 0 Å². The zero-order chi connectivity index (χ0) is 13.1. The van der Waals surface area contributed by atoms with Gasteiger partial charge in [0.05, 0.1) is 0 Å². The summed E-state index contributed by atoms with van der Waals surface area (Å²) in [4.78, 5) is 2.29. The third-order valence-corrected chi connectivity index (χ3v) is 3.89. The summed E-state index contributed by atoms with van der Waals surface area (Å²) >= 11 is 0. The van der Waals surface area contributed by atoms with E-state index in [4.69, 9.17) is 5.73 Å². The van der Waals surface area contributed by atoms with E-state index in [-0.39, 0.29) is 11.9 Å². The van der Waals surface area contributed by atoms with Crippen LogP contribution in [0.25, 0.3) is 0 Å². The lowest BCUT2D eigenvalue weighted by Crippen LogP contribution is -2.47. The van der Waals surface area contributed by atoms with Gasteiger partial charge in [-0.25, -0.2) is 4.39 Å². The molecular weight excluding hydrogens is 227 g/mol. The number of nitrogens with two attached hydrogens (primary N) is 1. The van der Waals surface area contributed by atoms with Crippen molar-refractivity contribution in [3.8, 4) is 0 Å². The Morgan fingerprint density at radius 1 is 1.33 bits per heavy atom. The molecule has 3 heteroatoms. The van der Waals surface area contributed by atoms with Crippen molar-refractivity contribution in [3.63, 3.8) is 0 Å². The molecule has 0 aromatic heterocycles. The first-order valence-electron chi connectivity index (χ1n) is 6.77. The molecule has 0 amide bonds. The van der Waals surface area contributed by atoms with E-state index in [1.165, 1.54) is 6.07 Å². The fourth-order valence-corrected chi connectivity index (χ4v) is 2.76. The van der Waals surface area contributed by atoms with Crippen LogP contribution in [0.3, 0.4) is 0 Å². The number of likely N-dealkylation sites (tertiary alicyclic amines) is 1. The van der Waals surface area contributed by atoms with Crippen LogP contribution in [0.1, 0.15) is 25.8 Å². The Balaban J connectivity index is 2.03. The van der Waals surface area contributed by atoms with Crippen LogP contribution in [0, 0.1) is 17.7 Å². The van der Waals surface area contributed by atoms with E-state index in [0.29, 0.717) is 18.4 Å². The maximum atomic E-state index is 13.6. The van der Waals surface area contributed by atoms with Crippen LogP contribution in [0.15, 0.2) is 24.3 Å². The predicted octanol–water partition coefficient (Wildman–Crippen LogP) is 2.63. The lowest BCUT2D eigenvalue weighted by Gasteiger charge is -2.38. The van der Waals surface area contributed by atoms with E-state index in [0.717, 1.165) is 25.1 Å². The number of nitrogens with zero attached hydrogens (tertiary/aromatic N) is 1. The molecule has 2 nitrogen and oxygen atoms in total. The second kappa shape index (κ2) is 5.81. The van der Waals surface area contributed by atoms with E-state index < -0.39 is 0 Å². The number of hydrogen-bond acceptors (Lipinski definition) is 2. The van der Waals surface area contributed by atoms with Crippen molar-refractivity contribution < 1.29 is 4.39 Å². The molecule has 1 heterocycles. The van der Waals surface area contributed by atoms with Gasteiger partial charge in [-0.1, -0.05) is 32.0 Å². The monoisotopic (exact) mass is 250 g/mol. The van der Waals surface area contributed by atoms with Gasteiger partial charge in [-0.05, 0) is 24.3 Å². The van der Waals surface area contributed by atoms with Gasteiger partial charge in [0, 0.05) is 31.2 Å². The summed E-state index contributed by atoms with van der Waals surface area (Å²) in [5.74, 6) is 1.15. The Bertz CT molecular complexity index is 392. The predicted molar refractivity (Wildman–Crippen MR) is 72.6 cm³/mol. The minimum absolute atomic E-state index is 0.113. The molecule has 0 aliphatic carbocycles. The van der Waals surface area contributed by atoms with Crippen LogP contribution in [0.4, 0.5) is 4.39 Å². The topological polar surface area (TPSA) is 29.3 Å². The molecule has 100 valence electrons. The smallest absolute Gasteiger partial charge is 0.127 e. The van der Waals surface area contributed by atoms with E-state index in [9.17, 15) is 4.39 Å². The molecule has 0 bridgehead atoms. The third kappa shape index (κ3) is 3.30. The quantitative estimate of drug-likeness (QED) is 0.893. The van der Waals surface area contributed by atoms with Gasteiger partial charge in [0.1, 0.15) is 5.82 Å². The van der Waals surface area contributed by atoms with Gasteiger partial charge < -0.3 is 5.73 Å². The Labute approximate surface area is 109 Å². The summed E-state index contributed by atoms with van der Waals surface area (Å²) in [6, 6.07) is 7.23. The third-order valence-electron chi connectivity index (χ3n) is 3.89. The van der Waals surface area contributed by atoms with Crippen molar-refractivity contribution >= 4 is 0 Å². The first kappa shape index (κ1) is 13.5. The maximum absolute atomic E-state index is 13.6. The molecule has 1 aliphatic heterocycles. The number of halogens is 1.